The number of nitrogens with two attached hydrogens (primary N) is 4. The lowest BCUT2D eigenvalue weighted by molar-refractivity contribution is -0.143. The predicted octanol–water partition coefficient (Wildman–Crippen LogP) is -2.54. The Labute approximate surface area is 236 Å². The Morgan fingerprint density at radius 3 is 1.93 bits per heavy atom. The third-order valence-electron chi connectivity index (χ3n) is 5.88. The fourth-order valence-corrected chi connectivity index (χ4v) is 3.71. The summed E-state index contributed by atoms with van der Waals surface area (Å²) in [6.45, 7) is 0.441. The quantitative estimate of drug-likeness (QED) is 0.0460. The van der Waals surface area contributed by atoms with E-state index in [0.717, 1.165) is 0 Å². The number of amides is 3. The minimum absolute atomic E-state index is 0.00146. The van der Waals surface area contributed by atoms with E-state index in [1.165, 1.54) is 12.1 Å². The molecule has 0 saturated carbocycles. The Hall–Kier alpha value is -4.44. The molecule has 0 heterocycles. The number of aliphatic carboxylic acids is 2. The SMILES string of the molecule is NCCCCC(NC(=O)C(CC(=O)O)NC(=O)C(CCCN=C(N)N)NC(=O)C(N)Cc1ccc(O)cc1)C(=O)O. The lowest BCUT2D eigenvalue weighted by Crippen LogP contribution is -2.57. The molecular weight excluding hydrogens is 540 g/mol. The average molecular weight is 581 g/mol. The van der Waals surface area contributed by atoms with Crippen LogP contribution in [0.2, 0.25) is 0 Å². The summed E-state index contributed by atoms with van der Waals surface area (Å²) in [7, 11) is 0. The number of nitrogens with zero attached hydrogens (tertiary/aromatic N) is 1. The Morgan fingerprint density at radius 2 is 1.37 bits per heavy atom. The van der Waals surface area contributed by atoms with E-state index in [1.54, 1.807) is 12.1 Å². The van der Waals surface area contributed by atoms with Crippen LogP contribution >= 0.6 is 0 Å². The molecule has 0 saturated heterocycles. The fraction of sp³-hybridized carbons (Fsp3) is 0.520. The van der Waals surface area contributed by atoms with Crippen molar-refractivity contribution in [3.63, 3.8) is 0 Å². The van der Waals surface area contributed by atoms with Crippen LogP contribution in [0.25, 0.3) is 0 Å². The highest BCUT2D eigenvalue weighted by Gasteiger charge is 2.31. The smallest absolute Gasteiger partial charge is 0.326 e. The summed E-state index contributed by atoms with van der Waals surface area (Å²) in [6, 6.07) is 0.715. The Morgan fingerprint density at radius 1 is 0.805 bits per heavy atom. The summed E-state index contributed by atoms with van der Waals surface area (Å²) in [4.78, 5) is 65.7. The van der Waals surface area contributed by atoms with Crippen LogP contribution in [-0.2, 0) is 30.4 Å². The highest BCUT2D eigenvalue weighted by molar-refractivity contribution is 5.95. The molecule has 1 aromatic rings. The van der Waals surface area contributed by atoms with E-state index < -0.39 is 60.2 Å². The summed E-state index contributed by atoms with van der Waals surface area (Å²) in [5.41, 5.74) is 22.7. The van der Waals surface area contributed by atoms with Crippen molar-refractivity contribution in [2.24, 2.45) is 27.9 Å². The molecule has 0 radical (unpaired) electrons. The second-order valence-electron chi connectivity index (χ2n) is 9.33. The number of benzene rings is 1. The molecule has 16 nitrogen and oxygen atoms in total. The zero-order valence-electron chi connectivity index (χ0n) is 22.6. The molecule has 3 amide bonds. The lowest BCUT2D eigenvalue weighted by Gasteiger charge is -2.24. The van der Waals surface area contributed by atoms with Gasteiger partial charge in [-0.25, -0.2) is 4.79 Å². The van der Waals surface area contributed by atoms with Crippen LogP contribution in [0.3, 0.4) is 0 Å². The maximum Gasteiger partial charge on any atom is 0.326 e. The van der Waals surface area contributed by atoms with Gasteiger partial charge in [-0.1, -0.05) is 12.1 Å². The van der Waals surface area contributed by atoms with Crippen LogP contribution in [0.15, 0.2) is 29.3 Å². The molecule has 0 aliphatic carbocycles. The number of hydrogen-bond donors (Lipinski definition) is 10. The second-order valence-corrected chi connectivity index (χ2v) is 9.33. The van der Waals surface area contributed by atoms with Gasteiger partial charge in [-0.05, 0) is 62.8 Å². The first-order chi connectivity index (χ1) is 19.3. The van der Waals surface area contributed by atoms with Gasteiger partial charge in [-0.3, -0.25) is 24.2 Å². The van der Waals surface area contributed by atoms with Crippen molar-refractivity contribution in [3.05, 3.63) is 29.8 Å². The number of hydrogen-bond acceptors (Lipinski definition) is 9. The van der Waals surface area contributed by atoms with Crippen molar-refractivity contribution in [2.45, 2.75) is 69.1 Å². The predicted molar refractivity (Wildman–Crippen MR) is 148 cm³/mol. The highest BCUT2D eigenvalue weighted by atomic mass is 16.4. The van der Waals surface area contributed by atoms with Crippen LogP contribution in [0.4, 0.5) is 0 Å². The third-order valence-corrected chi connectivity index (χ3v) is 5.88. The summed E-state index contributed by atoms with van der Waals surface area (Å²) in [5, 5.41) is 35.2. The number of unbranched alkanes of at least 4 members (excludes halogenated alkanes) is 1. The van der Waals surface area contributed by atoms with Crippen LogP contribution < -0.4 is 38.9 Å². The fourth-order valence-electron chi connectivity index (χ4n) is 3.71. The maximum absolute atomic E-state index is 13.2. The lowest BCUT2D eigenvalue weighted by atomic mass is 10.0. The van der Waals surface area contributed by atoms with E-state index in [1.807, 2.05) is 0 Å². The minimum Gasteiger partial charge on any atom is -0.508 e. The normalized spacial score (nSPS) is 13.6. The van der Waals surface area contributed by atoms with E-state index in [9.17, 15) is 39.3 Å². The van der Waals surface area contributed by atoms with E-state index in [-0.39, 0.29) is 43.9 Å². The number of rotatable bonds is 19. The molecule has 1 rings (SSSR count). The number of phenols is 1. The number of phenolic OH excluding ortho intramolecular Hbond substituents is 1. The van der Waals surface area contributed by atoms with Crippen LogP contribution in [0.5, 0.6) is 5.75 Å². The number of carboxylic acid groups (broad SMARTS) is 2. The standard InChI is InChI=1S/C25H40N8O8/c26-10-2-1-4-18(24(40)41)32-23(39)19(13-20(35)36)33-22(38)17(5-3-11-30-25(28)29)31-21(37)16(27)12-14-6-8-15(34)9-7-14/h6-9,16-19,34H,1-5,10-13,26-27H2,(H,31,37)(H,32,39)(H,33,38)(H,35,36)(H,40,41)(H4,28,29,30). The average Bonchev–Trinajstić information content (AvgIpc) is 2.89. The molecule has 0 fully saturated rings. The van der Waals surface area contributed by atoms with E-state index in [2.05, 4.69) is 20.9 Å². The number of guanidine groups is 1. The van der Waals surface area contributed by atoms with Gasteiger partial charge in [-0.2, -0.15) is 0 Å². The maximum atomic E-state index is 13.2. The van der Waals surface area contributed by atoms with E-state index >= 15 is 0 Å². The number of aromatic hydroxyl groups is 1. The summed E-state index contributed by atoms with van der Waals surface area (Å²) >= 11 is 0. The first-order valence-corrected chi connectivity index (χ1v) is 13.0. The van der Waals surface area contributed by atoms with Crippen molar-refractivity contribution in [3.8, 4) is 5.75 Å². The van der Waals surface area contributed by atoms with Gasteiger partial charge < -0.3 is 54.2 Å². The summed E-state index contributed by atoms with van der Waals surface area (Å²) in [5.74, 6) is -5.51. The van der Waals surface area contributed by atoms with Crippen molar-refractivity contribution in [1.29, 1.82) is 0 Å². The number of aliphatic imine (C=N–C) groups is 1. The molecule has 0 spiro atoms. The number of carboxylic acids is 2. The van der Waals surface area contributed by atoms with Crippen LogP contribution in [-0.4, -0.2) is 88.2 Å². The second kappa shape index (κ2) is 18.0. The van der Waals surface area contributed by atoms with Gasteiger partial charge in [0.1, 0.15) is 23.9 Å². The molecule has 1 aromatic carbocycles. The Balaban J connectivity index is 3.03. The number of carbonyl (C=O) groups excluding carboxylic acids is 3. The Kier molecular flexibility index (Phi) is 15.2. The topological polar surface area (TPSA) is 299 Å². The molecule has 16 heteroatoms. The van der Waals surface area contributed by atoms with Crippen molar-refractivity contribution >= 4 is 35.6 Å². The van der Waals surface area contributed by atoms with Gasteiger partial charge in [0.25, 0.3) is 0 Å². The molecule has 0 aliphatic heterocycles. The van der Waals surface area contributed by atoms with Crippen molar-refractivity contribution < 1.29 is 39.3 Å². The number of nitrogens with one attached hydrogen (secondary N) is 3. The van der Waals surface area contributed by atoms with Crippen LogP contribution in [0, 0.1) is 0 Å². The minimum atomic E-state index is -1.64. The molecule has 41 heavy (non-hydrogen) atoms. The van der Waals surface area contributed by atoms with Crippen LogP contribution in [0.1, 0.15) is 44.1 Å². The molecular formula is C25H40N8O8. The summed E-state index contributed by atoms with van der Waals surface area (Å²) < 4.78 is 0. The number of carbonyl (C=O) groups is 5. The first kappa shape index (κ1) is 34.6. The molecule has 14 N–H and O–H groups in total. The van der Waals surface area contributed by atoms with Gasteiger partial charge in [0.2, 0.25) is 17.7 Å². The van der Waals surface area contributed by atoms with E-state index in [0.29, 0.717) is 24.9 Å². The molecule has 0 aliphatic rings. The zero-order chi connectivity index (χ0) is 30.9. The molecule has 4 atom stereocenters. The van der Waals surface area contributed by atoms with Gasteiger partial charge in [-0.15, -0.1) is 0 Å². The zero-order valence-corrected chi connectivity index (χ0v) is 22.6. The highest BCUT2D eigenvalue weighted by Crippen LogP contribution is 2.11. The summed E-state index contributed by atoms with van der Waals surface area (Å²) in [6.07, 6.45) is 0.429. The van der Waals surface area contributed by atoms with Gasteiger partial charge in [0.15, 0.2) is 5.96 Å². The molecule has 0 bridgehead atoms. The van der Waals surface area contributed by atoms with E-state index in [4.69, 9.17) is 22.9 Å². The third kappa shape index (κ3) is 14.0. The molecule has 4 unspecified atom stereocenters. The Bertz CT molecular complexity index is 1060. The van der Waals surface area contributed by atoms with Crippen molar-refractivity contribution in [2.75, 3.05) is 13.1 Å². The largest absolute Gasteiger partial charge is 0.508 e. The first-order valence-electron chi connectivity index (χ1n) is 13.0. The van der Waals surface area contributed by atoms with Crippen molar-refractivity contribution in [1.82, 2.24) is 16.0 Å². The molecule has 0 aromatic heterocycles. The van der Waals surface area contributed by atoms with Gasteiger partial charge >= 0.3 is 11.9 Å². The van der Waals surface area contributed by atoms with Gasteiger partial charge in [0.05, 0.1) is 12.5 Å². The van der Waals surface area contributed by atoms with Gasteiger partial charge in [0, 0.05) is 6.54 Å². The molecule has 228 valence electrons. The monoisotopic (exact) mass is 580 g/mol.